The molecular weight excluding hydrogens is 532 g/mol. The van der Waals surface area contributed by atoms with Crippen LogP contribution >= 0.6 is 11.8 Å². The third-order valence-electron chi connectivity index (χ3n) is 8.49. The average Bonchev–Trinajstić information content (AvgIpc) is 3.55. The number of benzene rings is 1. The summed E-state index contributed by atoms with van der Waals surface area (Å²) in [5.41, 5.74) is 4.54. The zero-order chi connectivity index (χ0) is 29.0. The van der Waals surface area contributed by atoms with Crippen molar-refractivity contribution in [1.29, 1.82) is 5.26 Å². The molecule has 3 heterocycles. The number of nitriles is 1. The van der Waals surface area contributed by atoms with E-state index in [1.165, 1.54) is 48.1 Å². The Kier molecular flexibility index (Phi) is 8.95. The van der Waals surface area contributed by atoms with Gasteiger partial charge in [-0.05, 0) is 98.1 Å². The van der Waals surface area contributed by atoms with E-state index in [4.69, 9.17) is 10.2 Å². The van der Waals surface area contributed by atoms with Gasteiger partial charge in [-0.25, -0.2) is 4.98 Å². The number of anilines is 2. The Labute approximate surface area is 247 Å². The number of carbonyl (C=O) groups is 1. The summed E-state index contributed by atoms with van der Waals surface area (Å²) in [4.78, 5) is 21.5. The number of fused-ring (bicyclic) bond motifs is 1. The van der Waals surface area contributed by atoms with Crippen LogP contribution in [0.4, 0.5) is 11.6 Å². The Morgan fingerprint density at radius 1 is 1.17 bits per heavy atom. The molecule has 0 bridgehead atoms. The van der Waals surface area contributed by atoms with Crippen molar-refractivity contribution in [3.05, 3.63) is 59.2 Å². The third kappa shape index (κ3) is 6.74. The van der Waals surface area contributed by atoms with Crippen LogP contribution < -0.4 is 15.5 Å². The Bertz CT molecular complexity index is 1410. The summed E-state index contributed by atoms with van der Waals surface area (Å²) in [5, 5.41) is 23.0. The quantitative estimate of drug-likeness (QED) is 0.250. The van der Waals surface area contributed by atoms with Gasteiger partial charge in [0.2, 0.25) is 0 Å². The van der Waals surface area contributed by atoms with Gasteiger partial charge in [-0.1, -0.05) is 6.92 Å². The molecule has 2 aliphatic carbocycles. The molecular formula is C31H40N8OS. The molecule has 0 unspecified atom stereocenters. The van der Waals surface area contributed by atoms with Gasteiger partial charge < -0.3 is 15.2 Å². The Morgan fingerprint density at radius 2 is 1.93 bits per heavy atom. The first-order chi connectivity index (χ1) is 19.8. The van der Waals surface area contributed by atoms with Crippen molar-refractivity contribution in [3.8, 4) is 6.07 Å². The highest BCUT2D eigenvalue weighted by Gasteiger charge is 2.35. The van der Waals surface area contributed by atoms with Crippen molar-refractivity contribution >= 4 is 29.3 Å². The number of aryl methyl sites for hydroxylation is 1. The van der Waals surface area contributed by atoms with Crippen LogP contribution in [-0.4, -0.2) is 44.0 Å². The normalized spacial score (nSPS) is 20.3. The second-order valence-corrected chi connectivity index (χ2v) is 12.7. The molecule has 0 spiro atoms. The lowest BCUT2D eigenvalue weighted by Crippen LogP contribution is -2.47. The van der Waals surface area contributed by atoms with Crippen molar-refractivity contribution < 1.29 is 4.79 Å². The lowest BCUT2D eigenvalue weighted by molar-refractivity contribution is 0.0996. The minimum atomic E-state index is 0.0293. The maximum Gasteiger partial charge on any atom is 0.260 e. The molecule has 0 saturated heterocycles. The van der Waals surface area contributed by atoms with Crippen LogP contribution in [0.25, 0.3) is 0 Å². The summed E-state index contributed by atoms with van der Waals surface area (Å²) < 4.78 is 1.78. The summed E-state index contributed by atoms with van der Waals surface area (Å²) in [5.74, 6) is 2.73. The Hall–Kier alpha value is -3.42. The van der Waals surface area contributed by atoms with Gasteiger partial charge in [-0.3, -0.25) is 9.69 Å². The number of pyridine rings is 1. The molecule has 2 N–H and O–H groups in total. The first kappa shape index (κ1) is 29.1. The molecule has 3 aromatic rings. The number of thioether (sulfide) groups is 1. The van der Waals surface area contributed by atoms with Gasteiger partial charge in [0.1, 0.15) is 24.3 Å². The van der Waals surface area contributed by atoms with Crippen LogP contribution in [0.15, 0.2) is 41.8 Å². The first-order valence-electron chi connectivity index (χ1n) is 14.5. The number of aromatic nitrogens is 4. The smallest absolute Gasteiger partial charge is 0.260 e. The molecule has 2 fully saturated rings. The van der Waals surface area contributed by atoms with E-state index in [0.29, 0.717) is 31.2 Å². The minimum Gasteiger partial charge on any atom is -0.369 e. The van der Waals surface area contributed by atoms with Gasteiger partial charge in [0.25, 0.3) is 5.91 Å². The molecule has 1 aliphatic heterocycles. The summed E-state index contributed by atoms with van der Waals surface area (Å²) >= 11 is 1.71. The van der Waals surface area contributed by atoms with Gasteiger partial charge in [0.05, 0.1) is 19.0 Å². The van der Waals surface area contributed by atoms with Gasteiger partial charge in [0, 0.05) is 36.1 Å². The van der Waals surface area contributed by atoms with Crippen LogP contribution in [-0.2, 0) is 20.1 Å². The second kappa shape index (κ2) is 12.6. The molecule has 1 aromatic carbocycles. The first-order valence-corrected chi connectivity index (χ1v) is 15.7. The molecule has 3 aliphatic rings. The number of hydrogen-bond donors (Lipinski definition) is 2. The Morgan fingerprint density at radius 3 is 2.51 bits per heavy atom. The summed E-state index contributed by atoms with van der Waals surface area (Å²) in [7, 11) is 1.88. The van der Waals surface area contributed by atoms with Gasteiger partial charge in [-0.2, -0.15) is 5.26 Å². The number of nitrogens with one attached hydrogen (secondary N) is 2. The van der Waals surface area contributed by atoms with E-state index in [2.05, 4.69) is 71.3 Å². The van der Waals surface area contributed by atoms with Crippen LogP contribution in [0.5, 0.6) is 0 Å². The zero-order valence-corrected chi connectivity index (χ0v) is 25.3. The number of carbonyl (C=O) groups excluding carboxylic acids is 1. The van der Waals surface area contributed by atoms with Crippen molar-refractivity contribution in [3.63, 3.8) is 0 Å². The van der Waals surface area contributed by atoms with Crippen LogP contribution in [0.2, 0.25) is 0 Å². The van der Waals surface area contributed by atoms with E-state index in [-0.39, 0.29) is 11.4 Å². The summed E-state index contributed by atoms with van der Waals surface area (Å²) in [6.45, 7) is 6.45. The molecule has 0 radical (unpaired) electrons. The maximum atomic E-state index is 13.7. The lowest BCUT2D eigenvalue weighted by Gasteiger charge is -2.39. The highest BCUT2D eigenvalue weighted by molar-refractivity contribution is 7.98. The zero-order valence-electron chi connectivity index (χ0n) is 24.5. The predicted molar refractivity (Wildman–Crippen MR) is 163 cm³/mol. The standard InChI is InChI=1S/C28H35N5OS.C3H5N3/c1-18-10-20(11-18)21-14-25(30-9-5-8-29)32-26(15-21)33-17-23-22(27(33)34)12-19(13-24(23)35-3)16-31-28(2)6-4-7-28;1-6-2-4-5-3-6/h12-15,18,20,31H,4-7,9-11,16-17H2,1-3H3,(H,30,32);2-3H,1H3. The van der Waals surface area contributed by atoms with Gasteiger partial charge >= 0.3 is 0 Å². The van der Waals surface area contributed by atoms with Crippen molar-refractivity contribution in [1.82, 2.24) is 25.1 Å². The SMILES string of the molecule is CSc1cc(CNC2(C)CCC2)cc2c1CN(c1cc(C3CC(C)C3)cc(NCCC#N)n1)C2=O.Cn1cnnc1. The summed E-state index contributed by atoms with van der Waals surface area (Å²) in [6.07, 6.45) is 11.8. The van der Waals surface area contributed by atoms with Crippen molar-refractivity contribution in [2.75, 3.05) is 23.0 Å². The monoisotopic (exact) mass is 572 g/mol. The molecule has 9 nitrogen and oxygen atoms in total. The highest BCUT2D eigenvalue weighted by atomic mass is 32.2. The van der Waals surface area contributed by atoms with Crippen LogP contribution in [0.3, 0.4) is 0 Å². The van der Waals surface area contributed by atoms with Crippen LogP contribution in [0.1, 0.15) is 85.3 Å². The molecule has 10 heteroatoms. The molecule has 0 atom stereocenters. The van der Waals surface area contributed by atoms with E-state index in [0.717, 1.165) is 29.4 Å². The predicted octanol–water partition coefficient (Wildman–Crippen LogP) is 5.65. The van der Waals surface area contributed by atoms with Crippen molar-refractivity contribution in [2.45, 2.75) is 81.8 Å². The number of amides is 1. The fourth-order valence-electron chi connectivity index (χ4n) is 5.77. The fraction of sp³-hybridized carbons (Fsp3) is 0.516. The second-order valence-electron chi connectivity index (χ2n) is 11.9. The number of nitrogens with zero attached hydrogens (tertiary/aromatic N) is 6. The molecule has 1 amide bonds. The minimum absolute atomic E-state index is 0.0293. The fourth-order valence-corrected chi connectivity index (χ4v) is 6.46. The van der Waals surface area contributed by atoms with E-state index >= 15 is 0 Å². The number of hydrogen-bond acceptors (Lipinski definition) is 8. The summed E-state index contributed by atoms with van der Waals surface area (Å²) in [6, 6.07) is 10.7. The van der Waals surface area contributed by atoms with Crippen LogP contribution in [0, 0.1) is 17.2 Å². The molecule has 2 aromatic heterocycles. The molecule has 2 saturated carbocycles. The van der Waals surface area contributed by atoms with Gasteiger partial charge in [-0.15, -0.1) is 22.0 Å². The Balaban J connectivity index is 0.000000500. The molecule has 216 valence electrons. The third-order valence-corrected chi connectivity index (χ3v) is 9.29. The van der Waals surface area contributed by atoms with E-state index in [1.54, 1.807) is 29.0 Å². The highest BCUT2D eigenvalue weighted by Crippen LogP contribution is 2.43. The lowest BCUT2D eigenvalue weighted by atomic mass is 9.72. The van der Waals surface area contributed by atoms with E-state index < -0.39 is 0 Å². The molecule has 41 heavy (non-hydrogen) atoms. The largest absolute Gasteiger partial charge is 0.369 e. The van der Waals surface area contributed by atoms with E-state index in [9.17, 15) is 4.79 Å². The van der Waals surface area contributed by atoms with Gasteiger partial charge in [0.15, 0.2) is 0 Å². The van der Waals surface area contributed by atoms with E-state index in [1.807, 2.05) is 11.9 Å². The topological polar surface area (TPSA) is 112 Å². The average molecular weight is 573 g/mol. The molecule has 6 rings (SSSR count). The van der Waals surface area contributed by atoms with Crippen molar-refractivity contribution in [2.24, 2.45) is 13.0 Å². The number of rotatable bonds is 9. The maximum absolute atomic E-state index is 13.7.